The molecule has 10 atom stereocenters. The summed E-state index contributed by atoms with van der Waals surface area (Å²) in [5.41, 5.74) is -1.26. The molecule has 14 heteroatoms. The third-order valence-electron chi connectivity index (χ3n) is 16.1. The Hall–Kier alpha value is -4.92. The molecule has 3 N–H and O–H groups in total. The first-order chi connectivity index (χ1) is 29.6. The van der Waals surface area contributed by atoms with Crippen LogP contribution in [0.1, 0.15) is 82.2 Å². The van der Waals surface area contributed by atoms with Crippen molar-refractivity contribution in [3.63, 3.8) is 0 Å². The predicted molar refractivity (Wildman–Crippen MR) is 232 cm³/mol. The molecule has 14 nitrogen and oxygen atoms in total. The summed E-state index contributed by atoms with van der Waals surface area (Å²) in [5.74, 6) is -1.63. The second kappa shape index (κ2) is 14.8. The molecule has 1 spiro atoms. The first-order valence-corrected chi connectivity index (χ1v) is 22.2. The zero-order valence-corrected chi connectivity index (χ0v) is 37.3. The van der Waals surface area contributed by atoms with Crippen LogP contribution < -0.4 is 15.0 Å². The Balaban J connectivity index is 1.35. The standard InChI is InChI=1S/C48H61N5O9/c1-9-44(50-28(3)54)24-30-25-47(42(56)60-7,38-32(16-20-52(26-30)27-44)31-14-11-12-15-35(31)49-38)34-22-33-36(23-37(34)59-6)51(5)40-46(33)18-21-53-19-13-17-45(10-2,39(46)53)41(62-29(4)55)48(40,58)43(57)61-8/h11-15,17,22-23,30,39-41,49,58H,9-10,16,18-21,24-27H2,1-8H3,(H,50,54)/t30-,39+,40-,41-,44+,45-,46-,47+,48+/m1/s1. The van der Waals surface area contributed by atoms with Gasteiger partial charge < -0.3 is 44.2 Å². The number of H-pyrrole nitrogens is 1. The maximum atomic E-state index is 15.5. The normalized spacial score (nSPS) is 35.6. The maximum Gasteiger partial charge on any atom is 0.344 e. The van der Waals surface area contributed by atoms with E-state index in [0.29, 0.717) is 63.1 Å². The van der Waals surface area contributed by atoms with Gasteiger partial charge in [0, 0.05) is 97.9 Å². The number of aliphatic hydroxyl groups is 1. The van der Waals surface area contributed by atoms with Crippen molar-refractivity contribution in [2.45, 2.75) is 106 Å². The van der Waals surface area contributed by atoms with E-state index in [1.807, 2.05) is 43.1 Å². The molecule has 62 heavy (non-hydrogen) atoms. The Labute approximate surface area is 363 Å². The van der Waals surface area contributed by atoms with Crippen LogP contribution in [0.3, 0.4) is 0 Å². The van der Waals surface area contributed by atoms with E-state index in [-0.39, 0.29) is 17.9 Å². The fraction of sp³-hybridized carbons (Fsp3) is 0.583. The van der Waals surface area contributed by atoms with Crippen LogP contribution in [-0.2, 0) is 50.6 Å². The number of carbonyl (C=O) groups excluding carboxylic acids is 4. The van der Waals surface area contributed by atoms with Crippen LogP contribution in [0.15, 0.2) is 48.6 Å². The Morgan fingerprint density at radius 1 is 0.952 bits per heavy atom. The molecule has 1 aliphatic carbocycles. The van der Waals surface area contributed by atoms with E-state index >= 15 is 4.79 Å². The van der Waals surface area contributed by atoms with Gasteiger partial charge in [-0.3, -0.25) is 19.3 Å². The summed E-state index contributed by atoms with van der Waals surface area (Å²) in [6.45, 7) is 10.4. The van der Waals surface area contributed by atoms with Gasteiger partial charge in [-0.05, 0) is 74.2 Å². The Morgan fingerprint density at radius 3 is 2.39 bits per heavy atom. The molecule has 332 valence electrons. The molecular weight excluding hydrogens is 791 g/mol. The van der Waals surface area contributed by atoms with Gasteiger partial charge in [0.25, 0.3) is 0 Å². The van der Waals surface area contributed by atoms with E-state index in [0.717, 1.165) is 52.9 Å². The molecule has 0 radical (unpaired) electrons. The van der Waals surface area contributed by atoms with E-state index in [1.54, 1.807) is 14.0 Å². The van der Waals surface area contributed by atoms with Crippen LogP contribution in [0, 0.1) is 11.3 Å². The molecule has 3 aromatic rings. The number of ether oxygens (including phenoxy) is 4. The molecule has 6 heterocycles. The largest absolute Gasteiger partial charge is 0.496 e. The number of piperidine rings is 1. The van der Waals surface area contributed by atoms with E-state index < -0.39 is 57.4 Å². The topological polar surface area (TPSA) is 163 Å². The third kappa shape index (κ3) is 5.57. The lowest BCUT2D eigenvalue weighted by atomic mass is 9.47. The average Bonchev–Trinajstić information content (AvgIpc) is 3.92. The van der Waals surface area contributed by atoms with E-state index in [2.05, 4.69) is 51.3 Å². The van der Waals surface area contributed by atoms with Crippen molar-refractivity contribution in [1.29, 1.82) is 0 Å². The van der Waals surface area contributed by atoms with E-state index in [4.69, 9.17) is 18.9 Å². The summed E-state index contributed by atoms with van der Waals surface area (Å²) in [4.78, 5) is 66.4. The minimum Gasteiger partial charge on any atom is -0.496 e. The molecule has 1 aromatic heterocycles. The quantitative estimate of drug-likeness (QED) is 0.169. The number of nitrogens with zero attached hydrogens (tertiary/aromatic N) is 3. The van der Waals surface area contributed by atoms with Crippen LogP contribution >= 0.6 is 0 Å². The fourth-order valence-electron chi connectivity index (χ4n) is 14.1. The summed E-state index contributed by atoms with van der Waals surface area (Å²) in [6.07, 6.45) is 6.21. The number of esters is 3. The highest BCUT2D eigenvalue weighted by Crippen LogP contribution is 2.68. The van der Waals surface area contributed by atoms with Crippen LogP contribution in [0.5, 0.6) is 5.75 Å². The molecule has 2 bridgehead atoms. The highest BCUT2D eigenvalue weighted by molar-refractivity contribution is 5.95. The van der Waals surface area contributed by atoms with Crippen LogP contribution in [0.25, 0.3) is 10.9 Å². The highest BCUT2D eigenvalue weighted by atomic mass is 16.6. The monoisotopic (exact) mass is 851 g/mol. The number of benzene rings is 2. The molecule has 1 unspecified atom stereocenters. The lowest BCUT2D eigenvalue weighted by Gasteiger charge is -2.63. The van der Waals surface area contributed by atoms with E-state index in [1.165, 1.54) is 21.1 Å². The average molecular weight is 852 g/mol. The van der Waals surface area contributed by atoms with Crippen LogP contribution in [-0.4, -0.2) is 134 Å². The Bertz CT molecular complexity index is 2380. The molecule has 2 aromatic carbocycles. The van der Waals surface area contributed by atoms with Crippen molar-refractivity contribution < 1.29 is 43.2 Å². The summed E-state index contributed by atoms with van der Waals surface area (Å²) in [6, 6.07) is 11.0. The maximum absolute atomic E-state index is 15.5. The van der Waals surface area contributed by atoms with Crippen LogP contribution in [0.4, 0.5) is 5.69 Å². The number of aromatic nitrogens is 1. The second-order valence-corrected chi connectivity index (χ2v) is 18.9. The van der Waals surface area contributed by atoms with Gasteiger partial charge in [-0.2, -0.15) is 0 Å². The lowest BCUT2D eigenvalue weighted by molar-refractivity contribution is -0.228. The predicted octanol–water partition coefficient (Wildman–Crippen LogP) is 4.13. The minimum atomic E-state index is -2.31. The summed E-state index contributed by atoms with van der Waals surface area (Å²) >= 11 is 0. The summed E-state index contributed by atoms with van der Waals surface area (Å²) < 4.78 is 24.1. The van der Waals surface area contributed by atoms with E-state index in [9.17, 15) is 19.5 Å². The molecule has 1 saturated carbocycles. The number of methoxy groups -OCH3 is 3. The highest BCUT2D eigenvalue weighted by Gasteiger charge is 2.80. The number of rotatable bonds is 8. The molecule has 6 aliphatic rings. The first-order valence-electron chi connectivity index (χ1n) is 22.2. The molecule has 1 amide bonds. The number of likely N-dealkylation sites (N-methyl/N-ethyl adjacent to an activating group) is 1. The van der Waals surface area contributed by atoms with Gasteiger partial charge in [0.05, 0.1) is 32.9 Å². The zero-order valence-electron chi connectivity index (χ0n) is 37.3. The summed E-state index contributed by atoms with van der Waals surface area (Å²) in [5, 5.41) is 17.8. The zero-order chi connectivity index (χ0) is 44.1. The van der Waals surface area contributed by atoms with Gasteiger partial charge in [0.15, 0.2) is 6.10 Å². The van der Waals surface area contributed by atoms with Crippen molar-refractivity contribution >= 4 is 40.4 Å². The minimum absolute atomic E-state index is 0.0691. The number of amides is 1. The number of hydrogen-bond acceptors (Lipinski definition) is 12. The smallest absolute Gasteiger partial charge is 0.344 e. The number of anilines is 1. The van der Waals surface area contributed by atoms with Crippen molar-refractivity contribution in [3.8, 4) is 5.75 Å². The van der Waals surface area contributed by atoms with Crippen molar-refractivity contribution in [2.24, 2.45) is 11.3 Å². The molecular formula is C48H61N5O9. The van der Waals surface area contributed by atoms with Crippen molar-refractivity contribution in [1.82, 2.24) is 20.1 Å². The second-order valence-electron chi connectivity index (χ2n) is 18.9. The van der Waals surface area contributed by atoms with Gasteiger partial charge in [-0.1, -0.05) is 44.2 Å². The van der Waals surface area contributed by atoms with Crippen molar-refractivity contribution in [2.75, 3.05) is 66.0 Å². The first kappa shape index (κ1) is 42.4. The van der Waals surface area contributed by atoms with Gasteiger partial charge in [0.2, 0.25) is 11.5 Å². The number of hydrogen-bond donors (Lipinski definition) is 3. The Kier molecular flexibility index (Phi) is 10.1. The molecule has 5 aliphatic heterocycles. The Morgan fingerprint density at radius 2 is 1.71 bits per heavy atom. The number of nitrogens with one attached hydrogen (secondary N) is 2. The summed E-state index contributed by atoms with van der Waals surface area (Å²) in [7, 11) is 6.16. The third-order valence-corrected chi connectivity index (χ3v) is 16.1. The van der Waals surface area contributed by atoms with Gasteiger partial charge >= 0.3 is 17.9 Å². The van der Waals surface area contributed by atoms with Crippen molar-refractivity contribution in [3.05, 3.63) is 70.9 Å². The van der Waals surface area contributed by atoms with Crippen LogP contribution in [0.2, 0.25) is 0 Å². The molecule has 3 fully saturated rings. The molecule has 9 rings (SSSR count). The SMILES string of the molecule is CC[C@]1(NC(C)=O)C[C@H]2CN(CCc3c([nH]c4ccccc34)[C@@](C(=O)OC)(c3cc4c(cc3OC)N(C)[C@H]3[C@@](O)(C(=O)OC)[C@H](OC(C)=O)[C@]5(CC)C=CCN6CC[C@]43[C@@H]65)C2)C1. The van der Waals surface area contributed by atoms with Gasteiger partial charge in [-0.15, -0.1) is 0 Å². The van der Waals surface area contributed by atoms with Gasteiger partial charge in [0.1, 0.15) is 11.2 Å². The number of fused-ring (bicyclic) bond motifs is 6. The fourth-order valence-corrected chi connectivity index (χ4v) is 14.1. The molecule has 2 saturated heterocycles. The number of aromatic amines is 1. The lowest BCUT2D eigenvalue weighted by Crippen LogP contribution is -2.81. The number of para-hydroxylation sites is 1. The van der Waals surface area contributed by atoms with Gasteiger partial charge in [-0.25, -0.2) is 4.79 Å². The number of carbonyl (C=O) groups is 4.